The molecule has 0 spiro atoms. The topological polar surface area (TPSA) is 44.5 Å². The van der Waals surface area contributed by atoms with E-state index in [1.165, 1.54) is 5.56 Å². The van der Waals surface area contributed by atoms with Crippen molar-refractivity contribution < 1.29 is 0 Å². The number of aromatic amines is 2. The van der Waals surface area contributed by atoms with Gasteiger partial charge in [-0.3, -0.25) is 0 Å². The van der Waals surface area contributed by atoms with Gasteiger partial charge in [-0.25, -0.2) is 4.98 Å². The first-order chi connectivity index (χ1) is 6.95. The van der Waals surface area contributed by atoms with Crippen molar-refractivity contribution in [1.82, 2.24) is 15.0 Å². The zero-order chi connectivity index (χ0) is 9.38. The van der Waals surface area contributed by atoms with Crippen molar-refractivity contribution in [3.8, 4) is 11.3 Å². The summed E-state index contributed by atoms with van der Waals surface area (Å²) in [6, 6.07) is 8.11. The van der Waals surface area contributed by atoms with Crippen molar-refractivity contribution in [3.63, 3.8) is 0 Å². The van der Waals surface area contributed by atoms with Crippen LogP contribution >= 0.6 is 0 Å². The van der Waals surface area contributed by atoms with Crippen molar-refractivity contribution in [2.75, 3.05) is 0 Å². The molecule has 0 fully saturated rings. The number of H-pyrrole nitrogens is 2. The summed E-state index contributed by atoms with van der Waals surface area (Å²) in [6.07, 6.45) is 5.65. The minimum absolute atomic E-state index is 0.928. The molecule has 3 heteroatoms. The SMILES string of the molecule is c1c[nH]c(-c2ccnc3[nH]ccc23)c1. The zero-order valence-electron chi connectivity index (χ0n) is 7.49. The quantitative estimate of drug-likeness (QED) is 0.598. The fourth-order valence-corrected chi connectivity index (χ4v) is 1.69. The molecule has 14 heavy (non-hydrogen) atoms. The lowest BCUT2D eigenvalue weighted by atomic mass is 10.1. The normalized spacial score (nSPS) is 10.9. The Kier molecular flexibility index (Phi) is 1.44. The van der Waals surface area contributed by atoms with Gasteiger partial charge in [0, 0.05) is 35.2 Å². The fourth-order valence-electron chi connectivity index (χ4n) is 1.69. The molecule has 3 heterocycles. The molecular weight excluding hydrogens is 174 g/mol. The Morgan fingerprint density at radius 3 is 2.86 bits per heavy atom. The molecule has 0 aliphatic carbocycles. The molecule has 0 radical (unpaired) electrons. The van der Waals surface area contributed by atoms with Crippen LogP contribution in [0.1, 0.15) is 0 Å². The van der Waals surface area contributed by atoms with Crippen LogP contribution in [0.2, 0.25) is 0 Å². The highest BCUT2D eigenvalue weighted by molar-refractivity contribution is 5.91. The van der Waals surface area contributed by atoms with Crippen LogP contribution in [0.5, 0.6) is 0 Å². The van der Waals surface area contributed by atoms with Gasteiger partial charge in [0.05, 0.1) is 0 Å². The number of hydrogen-bond donors (Lipinski definition) is 2. The van der Waals surface area contributed by atoms with Crippen molar-refractivity contribution in [2.24, 2.45) is 0 Å². The molecule has 0 aliphatic heterocycles. The predicted molar refractivity (Wildman–Crippen MR) is 55.9 cm³/mol. The first kappa shape index (κ1) is 7.38. The van der Waals surface area contributed by atoms with E-state index in [-0.39, 0.29) is 0 Å². The smallest absolute Gasteiger partial charge is 0.137 e. The molecule has 3 rings (SSSR count). The number of nitrogens with zero attached hydrogens (tertiary/aromatic N) is 1. The Morgan fingerprint density at radius 2 is 2.00 bits per heavy atom. The summed E-state index contributed by atoms with van der Waals surface area (Å²) in [6.45, 7) is 0. The molecule has 0 aliphatic rings. The molecule has 0 atom stereocenters. The molecule has 2 N–H and O–H groups in total. The molecule has 0 saturated heterocycles. The Bertz CT molecular complexity index is 549. The first-order valence-electron chi connectivity index (χ1n) is 4.51. The van der Waals surface area contributed by atoms with Gasteiger partial charge in [-0.2, -0.15) is 0 Å². The molecule has 3 aromatic heterocycles. The summed E-state index contributed by atoms with van der Waals surface area (Å²) < 4.78 is 0. The van der Waals surface area contributed by atoms with E-state index in [0.717, 1.165) is 16.7 Å². The molecule has 0 amide bonds. The maximum Gasteiger partial charge on any atom is 0.137 e. The van der Waals surface area contributed by atoms with E-state index in [9.17, 15) is 0 Å². The average Bonchev–Trinajstić information content (AvgIpc) is 2.88. The Morgan fingerprint density at radius 1 is 1.00 bits per heavy atom. The van der Waals surface area contributed by atoms with Gasteiger partial charge in [0.1, 0.15) is 5.65 Å². The van der Waals surface area contributed by atoms with Crippen LogP contribution in [-0.2, 0) is 0 Å². The molecule has 68 valence electrons. The van der Waals surface area contributed by atoms with E-state index in [0.29, 0.717) is 0 Å². The largest absolute Gasteiger partial charge is 0.361 e. The maximum absolute atomic E-state index is 4.24. The second-order valence-corrected chi connectivity index (χ2v) is 3.18. The van der Waals surface area contributed by atoms with Crippen molar-refractivity contribution >= 4 is 11.0 Å². The molecule has 0 unspecified atom stereocenters. The highest BCUT2D eigenvalue weighted by Gasteiger charge is 2.04. The number of pyridine rings is 1. The molecule has 0 aromatic carbocycles. The number of rotatable bonds is 1. The first-order valence-corrected chi connectivity index (χ1v) is 4.51. The average molecular weight is 183 g/mol. The van der Waals surface area contributed by atoms with E-state index < -0.39 is 0 Å². The van der Waals surface area contributed by atoms with E-state index in [4.69, 9.17) is 0 Å². The Balaban J connectivity index is 2.36. The third-order valence-corrected chi connectivity index (χ3v) is 2.35. The van der Waals surface area contributed by atoms with Crippen LogP contribution in [0.3, 0.4) is 0 Å². The van der Waals surface area contributed by atoms with E-state index in [1.54, 1.807) is 0 Å². The molecular formula is C11H9N3. The molecule has 3 nitrogen and oxygen atoms in total. The number of fused-ring (bicyclic) bond motifs is 1. The number of aromatic nitrogens is 3. The van der Waals surface area contributed by atoms with Crippen LogP contribution in [0, 0.1) is 0 Å². The van der Waals surface area contributed by atoms with Gasteiger partial charge < -0.3 is 9.97 Å². The van der Waals surface area contributed by atoms with Crippen LogP contribution in [0.4, 0.5) is 0 Å². The highest BCUT2D eigenvalue weighted by atomic mass is 14.8. The van der Waals surface area contributed by atoms with Crippen molar-refractivity contribution in [1.29, 1.82) is 0 Å². The van der Waals surface area contributed by atoms with Crippen LogP contribution < -0.4 is 0 Å². The summed E-state index contributed by atoms with van der Waals surface area (Å²) >= 11 is 0. The predicted octanol–water partition coefficient (Wildman–Crippen LogP) is 2.56. The number of nitrogens with one attached hydrogen (secondary N) is 2. The highest BCUT2D eigenvalue weighted by Crippen LogP contribution is 2.24. The lowest BCUT2D eigenvalue weighted by molar-refractivity contribution is 1.32. The third kappa shape index (κ3) is 0.956. The summed E-state index contributed by atoms with van der Waals surface area (Å²) in [5, 5.41) is 1.15. The van der Waals surface area contributed by atoms with Crippen molar-refractivity contribution in [2.45, 2.75) is 0 Å². The van der Waals surface area contributed by atoms with Gasteiger partial charge in [0.2, 0.25) is 0 Å². The van der Waals surface area contributed by atoms with Gasteiger partial charge in [-0.1, -0.05) is 0 Å². The lowest BCUT2D eigenvalue weighted by Crippen LogP contribution is -1.81. The number of hydrogen-bond acceptors (Lipinski definition) is 1. The van der Waals surface area contributed by atoms with Crippen LogP contribution in [0.25, 0.3) is 22.3 Å². The van der Waals surface area contributed by atoms with E-state index >= 15 is 0 Å². The zero-order valence-corrected chi connectivity index (χ0v) is 7.49. The summed E-state index contributed by atoms with van der Waals surface area (Å²) in [4.78, 5) is 10.5. The Labute approximate surface area is 80.8 Å². The lowest BCUT2D eigenvalue weighted by Gasteiger charge is -1.98. The monoisotopic (exact) mass is 183 g/mol. The minimum Gasteiger partial charge on any atom is -0.361 e. The fraction of sp³-hybridized carbons (Fsp3) is 0. The second-order valence-electron chi connectivity index (χ2n) is 3.18. The summed E-state index contributed by atoms with van der Waals surface area (Å²) in [7, 11) is 0. The van der Waals surface area contributed by atoms with Gasteiger partial charge in [-0.05, 0) is 24.3 Å². The second kappa shape index (κ2) is 2.73. The molecule has 3 aromatic rings. The standard InChI is InChI=1S/C11H9N3/c1-2-10(12-5-1)8-3-6-13-11-9(8)4-7-14-11/h1-7,12H,(H,13,14). The third-order valence-electron chi connectivity index (χ3n) is 2.35. The molecule has 0 saturated carbocycles. The van der Waals surface area contributed by atoms with Crippen molar-refractivity contribution in [3.05, 3.63) is 42.9 Å². The Hall–Kier alpha value is -2.03. The summed E-state index contributed by atoms with van der Waals surface area (Å²) in [5.41, 5.74) is 3.23. The minimum atomic E-state index is 0.928. The molecule has 0 bridgehead atoms. The van der Waals surface area contributed by atoms with Crippen LogP contribution in [-0.4, -0.2) is 15.0 Å². The van der Waals surface area contributed by atoms with Crippen LogP contribution in [0.15, 0.2) is 42.9 Å². The summed E-state index contributed by atoms with van der Waals surface area (Å²) in [5.74, 6) is 0. The van der Waals surface area contributed by atoms with Gasteiger partial charge in [-0.15, -0.1) is 0 Å². The van der Waals surface area contributed by atoms with Gasteiger partial charge in [0.25, 0.3) is 0 Å². The van der Waals surface area contributed by atoms with Gasteiger partial charge >= 0.3 is 0 Å². The van der Waals surface area contributed by atoms with E-state index in [1.807, 2.05) is 36.8 Å². The van der Waals surface area contributed by atoms with Gasteiger partial charge in [0.15, 0.2) is 0 Å². The van der Waals surface area contributed by atoms with E-state index in [2.05, 4.69) is 21.0 Å². The maximum atomic E-state index is 4.24.